The van der Waals surface area contributed by atoms with Crippen LogP contribution >= 0.6 is 0 Å². The lowest BCUT2D eigenvalue weighted by molar-refractivity contribution is 0.209. The Balaban J connectivity index is 1.66. The second-order valence-electron chi connectivity index (χ2n) is 6.42. The fourth-order valence-corrected chi connectivity index (χ4v) is 3.21. The topological polar surface area (TPSA) is 97.2 Å². The largest absolute Gasteiger partial charge is 0.495 e. The van der Waals surface area contributed by atoms with E-state index in [0.29, 0.717) is 17.4 Å². The van der Waals surface area contributed by atoms with Crippen molar-refractivity contribution in [3.05, 3.63) is 53.7 Å². The van der Waals surface area contributed by atoms with Gasteiger partial charge in [-0.15, -0.1) is 0 Å². The molecule has 1 amide bonds. The van der Waals surface area contributed by atoms with Gasteiger partial charge in [-0.25, -0.2) is 14.8 Å². The van der Waals surface area contributed by atoms with Crippen LogP contribution in [-0.4, -0.2) is 33.3 Å². The van der Waals surface area contributed by atoms with Crippen molar-refractivity contribution in [1.29, 1.82) is 0 Å². The first-order chi connectivity index (χ1) is 12.5. The van der Waals surface area contributed by atoms with Crippen molar-refractivity contribution in [2.45, 2.75) is 25.2 Å². The maximum absolute atomic E-state index is 11.0. The Kier molecular flexibility index (Phi) is 3.91. The number of amides is 1. The molecule has 2 heterocycles. The monoisotopic (exact) mass is 350 g/mol. The predicted molar refractivity (Wildman–Crippen MR) is 96.8 cm³/mol. The molecule has 7 heteroatoms. The van der Waals surface area contributed by atoms with Crippen molar-refractivity contribution >= 4 is 22.7 Å². The SMILES string of the molecule is COc1cc2ccc([C@H]3C[C@@H]3c3nccc(C)n3)nc2cc1NC(=O)O. The molecule has 26 heavy (non-hydrogen) atoms. The van der Waals surface area contributed by atoms with Crippen LogP contribution in [-0.2, 0) is 0 Å². The van der Waals surface area contributed by atoms with E-state index in [1.54, 1.807) is 18.3 Å². The molecule has 0 aliphatic heterocycles. The average molecular weight is 350 g/mol. The van der Waals surface area contributed by atoms with Crippen molar-refractivity contribution in [1.82, 2.24) is 15.0 Å². The van der Waals surface area contributed by atoms with Crippen molar-refractivity contribution < 1.29 is 14.6 Å². The molecule has 2 atom stereocenters. The van der Waals surface area contributed by atoms with Crippen LogP contribution in [0.2, 0.25) is 0 Å². The van der Waals surface area contributed by atoms with Gasteiger partial charge in [-0.05, 0) is 37.6 Å². The van der Waals surface area contributed by atoms with Gasteiger partial charge in [-0.3, -0.25) is 10.3 Å². The van der Waals surface area contributed by atoms with Crippen molar-refractivity contribution in [2.75, 3.05) is 12.4 Å². The minimum absolute atomic E-state index is 0.287. The molecule has 1 saturated carbocycles. The van der Waals surface area contributed by atoms with E-state index in [-0.39, 0.29) is 5.92 Å². The zero-order chi connectivity index (χ0) is 18.3. The third-order valence-corrected chi connectivity index (χ3v) is 4.59. The quantitative estimate of drug-likeness (QED) is 0.744. The molecule has 0 unspecified atom stereocenters. The average Bonchev–Trinajstić information content (AvgIpc) is 3.41. The minimum Gasteiger partial charge on any atom is -0.495 e. The lowest BCUT2D eigenvalue weighted by Crippen LogP contribution is -2.08. The molecule has 0 bridgehead atoms. The van der Waals surface area contributed by atoms with E-state index in [0.717, 1.165) is 34.5 Å². The highest BCUT2D eigenvalue weighted by molar-refractivity contribution is 5.92. The summed E-state index contributed by atoms with van der Waals surface area (Å²) in [5.74, 6) is 1.90. The van der Waals surface area contributed by atoms with E-state index in [9.17, 15) is 4.79 Å². The number of methoxy groups -OCH3 is 1. The van der Waals surface area contributed by atoms with Crippen LogP contribution < -0.4 is 10.1 Å². The second kappa shape index (κ2) is 6.25. The Morgan fingerprint density at radius 1 is 1.23 bits per heavy atom. The number of hydrogen-bond acceptors (Lipinski definition) is 5. The number of anilines is 1. The molecule has 0 saturated heterocycles. The van der Waals surface area contributed by atoms with Gasteiger partial charge in [0.2, 0.25) is 0 Å². The summed E-state index contributed by atoms with van der Waals surface area (Å²) in [5, 5.41) is 12.2. The normalized spacial score (nSPS) is 18.5. The van der Waals surface area contributed by atoms with Gasteiger partial charge in [-0.2, -0.15) is 0 Å². The summed E-state index contributed by atoms with van der Waals surface area (Å²) in [6, 6.07) is 9.36. The minimum atomic E-state index is -1.14. The second-order valence-corrected chi connectivity index (χ2v) is 6.42. The van der Waals surface area contributed by atoms with Gasteiger partial charge in [-0.1, -0.05) is 6.07 Å². The number of fused-ring (bicyclic) bond motifs is 1. The van der Waals surface area contributed by atoms with Gasteiger partial charge < -0.3 is 9.84 Å². The number of aryl methyl sites for hydroxylation is 1. The lowest BCUT2D eigenvalue weighted by atomic mass is 10.1. The Morgan fingerprint density at radius 3 is 2.81 bits per heavy atom. The number of nitrogens with zero attached hydrogens (tertiary/aromatic N) is 3. The smallest absolute Gasteiger partial charge is 0.409 e. The van der Waals surface area contributed by atoms with Gasteiger partial charge in [0.25, 0.3) is 0 Å². The summed E-state index contributed by atoms with van der Waals surface area (Å²) in [6.07, 6.45) is 1.62. The zero-order valence-corrected chi connectivity index (χ0v) is 14.4. The number of pyridine rings is 1. The van der Waals surface area contributed by atoms with Crippen LogP contribution in [0.15, 0.2) is 36.5 Å². The highest BCUT2D eigenvalue weighted by Gasteiger charge is 2.42. The summed E-state index contributed by atoms with van der Waals surface area (Å²) < 4.78 is 5.26. The van der Waals surface area contributed by atoms with E-state index in [1.165, 1.54) is 7.11 Å². The zero-order valence-electron chi connectivity index (χ0n) is 14.4. The van der Waals surface area contributed by atoms with Crippen LogP contribution in [0.4, 0.5) is 10.5 Å². The number of hydrogen-bond donors (Lipinski definition) is 2. The van der Waals surface area contributed by atoms with Gasteiger partial charge in [0.15, 0.2) is 0 Å². The Hall–Kier alpha value is -3.22. The van der Waals surface area contributed by atoms with Crippen LogP contribution in [0.25, 0.3) is 10.9 Å². The van der Waals surface area contributed by atoms with Crippen LogP contribution in [0.1, 0.15) is 35.5 Å². The van der Waals surface area contributed by atoms with Crippen molar-refractivity contribution in [3.63, 3.8) is 0 Å². The number of ether oxygens (including phenoxy) is 1. The third-order valence-electron chi connectivity index (χ3n) is 4.59. The summed E-state index contributed by atoms with van der Waals surface area (Å²) in [4.78, 5) is 24.6. The number of carbonyl (C=O) groups is 1. The molecule has 4 rings (SSSR count). The highest BCUT2D eigenvalue weighted by atomic mass is 16.5. The molecule has 1 aliphatic rings. The summed E-state index contributed by atoms with van der Waals surface area (Å²) in [5.41, 5.74) is 3.04. The maximum Gasteiger partial charge on any atom is 0.409 e. The van der Waals surface area contributed by atoms with Gasteiger partial charge in [0.05, 0.1) is 18.3 Å². The number of nitrogens with one attached hydrogen (secondary N) is 1. The molecule has 0 spiro atoms. The van der Waals surface area contributed by atoms with Crippen LogP contribution in [0.5, 0.6) is 5.75 Å². The predicted octanol–water partition coefficient (Wildman–Crippen LogP) is 3.70. The Bertz CT molecular complexity index is 1010. The molecular formula is C19H18N4O3. The summed E-state index contributed by atoms with van der Waals surface area (Å²) in [7, 11) is 1.51. The first-order valence-electron chi connectivity index (χ1n) is 8.33. The number of aromatic nitrogens is 3. The lowest BCUT2D eigenvalue weighted by Gasteiger charge is -2.10. The fraction of sp³-hybridized carbons (Fsp3) is 0.263. The van der Waals surface area contributed by atoms with E-state index in [2.05, 4.69) is 15.3 Å². The number of rotatable bonds is 4. The van der Waals surface area contributed by atoms with E-state index in [1.807, 2.05) is 25.1 Å². The first-order valence-corrected chi connectivity index (χ1v) is 8.33. The van der Waals surface area contributed by atoms with E-state index >= 15 is 0 Å². The molecule has 3 aromatic rings. The molecule has 1 fully saturated rings. The molecule has 2 aromatic heterocycles. The third kappa shape index (κ3) is 3.03. The highest BCUT2D eigenvalue weighted by Crippen LogP contribution is 2.53. The molecule has 2 N–H and O–H groups in total. The molecule has 0 radical (unpaired) electrons. The van der Waals surface area contributed by atoms with E-state index < -0.39 is 6.09 Å². The molecule has 132 valence electrons. The van der Waals surface area contributed by atoms with Gasteiger partial charge in [0, 0.05) is 34.8 Å². The standard InChI is InChI=1S/C19H18N4O3/c1-10-5-6-20-18(21-10)13-8-12(13)14-4-3-11-7-17(26-2)16(23-19(24)25)9-15(11)22-14/h3-7,9,12-13,23H,8H2,1-2H3,(H,24,25)/t12-,13-/m0/s1. The number of carboxylic acid groups (broad SMARTS) is 1. The van der Waals surface area contributed by atoms with Gasteiger partial charge >= 0.3 is 6.09 Å². The molecule has 1 aromatic carbocycles. The molecular weight excluding hydrogens is 332 g/mol. The van der Waals surface area contributed by atoms with E-state index in [4.69, 9.17) is 14.8 Å². The fourth-order valence-electron chi connectivity index (χ4n) is 3.21. The summed E-state index contributed by atoms with van der Waals surface area (Å²) in [6.45, 7) is 1.96. The molecule has 7 nitrogen and oxygen atoms in total. The van der Waals surface area contributed by atoms with Crippen LogP contribution in [0.3, 0.4) is 0 Å². The van der Waals surface area contributed by atoms with Crippen LogP contribution in [0, 0.1) is 6.92 Å². The van der Waals surface area contributed by atoms with Crippen molar-refractivity contribution in [2.24, 2.45) is 0 Å². The maximum atomic E-state index is 11.0. The number of benzene rings is 1. The Labute approximate surface area is 150 Å². The first kappa shape index (κ1) is 16.3. The summed E-state index contributed by atoms with van der Waals surface area (Å²) >= 11 is 0. The van der Waals surface area contributed by atoms with Crippen molar-refractivity contribution in [3.8, 4) is 5.75 Å². The molecule has 1 aliphatic carbocycles. The van der Waals surface area contributed by atoms with Gasteiger partial charge in [0.1, 0.15) is 11.6 Å². The Morgan fingerprint density at radius 2 is 2.08 bits per heavy atom.